The Balaban J connectivity index is 1.85. The molecule has 0 aliphatic carbocycles. The summed E-state index contributed by atoms with van der Waals surface area (Å²) in [7, 11) is 0. The van der Waals surface area contributed by atoms with Gasteiger partial charge < -0.3 is 15.8 Å². The molecule has 1 aromatic heterocycles. The molecule has 7 heteroatoms. The van der Waals surface area contributed by atoms with Crippen LogP contribution in [0.1, 0.15) is 29.0 Å². The van der Waals surface area contributed by atoms with Crippen molar-refractivity contribution >= 4 is 17.7 Å². The van der Waals surface area contributed by atoms with Gasteiger partial charge in [-0.05, 0) is 12.5 Å². The first-order chi connectivity index (χ1) is 10.6. The van der Waals surface area contributed by atoms with Crippen molar-refractivity contribution in [2.75, 3.05) is 12.3 Å². The first-order valence-electron chi connectivity index (χ1n) is 6.66. The van der Waals surface area contributed by atoms with E-state index >= 15 is 0 Å². The van der Waals surface area contributed by atoms with Gasteiger partial charge in [0, 0.05) is 12.4 Å². The molecule has 2 aromatic rings. The summed E-state index contributed by atoms with van der Waals surface area (Å²) in [6.45, 7) is 1.43. The van der Waals surface area contributed by atoms with E-state index in [0.717, 1.165) is 5.56 Å². The molecule has 0 aliphatic heterocycles. The van der Waals surface area contributed by atoms with Crippen LogP contribution >= 0.6 is 0 Å². The number of anilines is 1. The van der Waals surface area contributed by atoms with Gasteiger partial charge in [0.1, 0.15) is 0 Å². The second-order valence-electron chi connectivity index (χ2n) is 4.57. The van der Waals surface area contributed by atoms with Crippen LogP contribution < -0.4 is 11.1 Å². The third-order valence-corrected chi connectivity index (χ3v) is 2.93. The number of aromatic nitrogens is 2. The Labute approximate surface area is 127 Å². The van der Waals surface area contributed by atoms with Crippen molar-refractivity contribution < 1.29 is 14.3 Å². The topological polar surface area (TPSA) is 107 Å². The third-order valence-electron chi connectivity index (χ3n) is 2.93. The molecule has 0 saturated heterocycles. The molecule has 3 N–H and O–H groups in total. The van der Waals surface area contributed by atoms with E-state index in [-0.39, 0.29) is 17.6 Å². The monoisotopic (exact) mass is 300 g/mol. The highest BCUT2D eigenvalue weighted by Gasteiger charge is 2.16. The maximum atomic E-state index is 11.8. The number of esters is 1. The Bertz CT molecular complexity index is 661. The molecule has 0 bridgehead atoms. The molecule has 0 spiro atoms. The second kappa shape index (κ2) is 7.16. The summed E-state index contributed by atoms with van der Waals surface area (Å²) < 4.78 is 4.87. The minimum atomic E-state index is -0.784. The molecule has 1 aromatic carbocycles. The lowest BCUT2D eigenvalue weighted by molar-refractivity contribution is -0.124. The van der Waals surface area contributed by atoms with Gasteiger partial charge in [-0.15, -0.1) is 0 Å². The smallest absolute Gasteiger partial charge is 0.361 e. The average Bonchev–Trinajstić information content (AvgIpc) is 2.54. The Morgan fingerprint density at radius 3 is 2.59 bits per heavy atom. The van der Waals surface area contributed by atoms with Crippen LogP contribution in [0, 0.1) is 0 Å². The zero-order chi connectivity index (χ0) is 15.9. The van der Waals surface area contributed by atoms with Gasteiger partial charge >= 0.3 is 5.97 Å². The minimum absolute atomic E-state index is 0.0365. The van der Waals surface area contributed by atoms with E-state index < -0.39 is 18.5 Å². The number of carbonyl (C=O) groups excluding carboxylic acids is 2. The first-order valence-corrected chi connectivity index (χ1v) is 6.66. The molecule has 0 aliphatic rings. The number of rotatable bonds is 5. The molecule has 1 amide bonds. The number of ether oxygens (including phenoxy) is 1. The van der Waals surface area contributed by atoms with E-state index in [1.807, 2.05) is 37.3 Å². The Morgan fingerprint density at radius 2 is 1.91 bits per heavy atom. The predicted octanol–water partition coefficient (Wildman–Crippen LogP) is 1.09. The molecule has 0 radical (unpaired) electrons. The number of hydrogen-bond acceptors (Lipinski definition) is 6. The number of amides is 1. The van der Waals surface area contributed by atoms with Crippen molar-refractivity contribution in [3.05, 3.63) is 54.0 Å². The van der Waals surface area contributed by atoms with E-state index in [2.05, 4.69) is 15.3 Å². The van der Waals surface area contributed by atoms with Gasteiger partial charge in [0.25, 0.3) is 5.91 Å². The molecule has 22 heavy (non-hydrogen) atoms. The van der Waals surface area contributed by atoms with Gasteiger partial charge in [-0.25, -0.2) is 14.8 Å². The summed E-state index contributed by atoms with van der Waals surface area (Å²) in [6, 6.07) is 9.28. The molecule has 0 saturated carbocycles. The molecule has 1 atom stereocenters. The van der Waals surface area contributed by atoms with Crippen molar-refractivity contribution in [2.24, 2.45) is 0 Å². The van der Waals surface area contributed by atoms with Gasteiger partial charge in [-0.2, -0.15) is 0 Å². The number of nitrogens with one attached hydrogen (secondary N) is 1. The summed E-state index contributed by atoms with van der Waals surface area (Å²) in [6.07, 6.45) is 2.69. The predicted molar refractivity (Wildman–Crippen MR) is 79.7 cm³/mol. The van der Waals surface area contributed by atoms with Crippen molar-refractivity contribution in [3.63, 3.8) is 0 Å². The highest BCUT2D eigenvalue weighted by Crippen LogP contribution is 2.11. The molecular formula is C15H16N4O3. The van der Waals surface area contributed by atoms with E-state index in [9.17, 15) is 9.59 Å². The van der Waals surface area contributed by atoms with Crippen molar-refractivity contribution in [1.82, 2.24) is 15.3 Å². The quantitative estimate of drug-likeness (QED) is 0.800. The number of nitrogen functional groups attached to an aromatic ring is 1. The lowest BCUT2D eigenvalue weighted by atomic mass is 10.1. The maximum Gasteiger partial charge on any atom is 0.361 e. The van der Waals surface area contributed by atoms with Crippen LogP contribution in [-0.4, -0.2) is 28.5 Å². The minimum Gasteiger partial charge on any atom is -0.451 e. The molecule has 114 valence electrons. The largest absolute Gasteiger partial charge is 0.451 e. The van der Waals surface area contributed by atoms with Gasteiger partial charge in [-0.3, -0.25) is 4.79 Å². The lowest BCUT2D eigenvalue weighted by Crippen LogP contribution is -2.31. The van der Waals surface area contributed by atoms with Gasteiger partial charge in [0.2, 0.25) is 0 Å². The standard InChI is InChI=1S/C15H16N4O3/c1-10(11-5-3-2-4-6-11)19-12(20)9-22-15(21)13-14(16)18-8-7-17-13/h2-8,10H,9H2,1H3,(H2,16,18)(H,19,20). The fourth-order valence-corrected chi connectivity index (χ4v) is 1.81. The Morgan fingerprint density at radius 1 is 1.23 bits per heavy atom. The van der Waals surface area contributed by atoms with E-state index in [0.29, 0.717) is 0 Å². The van der Waals surface area contributed by atoms with Crippen molar-refractivity contribution in [2.45, 2.75) is 13.0 Å². The van der Waals surface area contributed by atoms with E-state index in [1.54, 1.807) is 0 Å². The summed E-state index contributed by atoms with van der Waals surface area (Å²) in [5.74, 6) is -1.23. The third kappa shape index (κ3) is 4.02. The van der Waals surface area contributed by atoms with E-state index in [4.69, 9.17) is 10.5 Å². The highest BCUT2D eigenvalue weighted by atomic mass is 16.5. The number of hydrogen-bond donors (Lipinski definition) is 2. The number of benzene rings is 1. The Kier molecular flexibility index (Phi) is 5.02. The number of nitrogens with zero attached hydrogens (tertiary/aromatic N) is 2. The highest BCUT2D eigenvalue weighted by molar-refractivity contribution is 5.93. The van der Waals surface area contributed by atoms with Crippen LogP contribution in [0.3, 0.4) is 0 Å². The van der Waals surface area contributed by atoms with Crippen molar-refractivity contribution in [3.8, 4) is 0 Å². The molecule has 7 nitrogen and oxygen atoms in total. The van der Waals surface area contributed by atoms with Gasteiger partial charge in [0.15, 0.2) is 18.1 Å². The zero-order valence-corrected chi connectivity index (χ0v) is 12.0. The van der Waals surface area contributed by atoms with E-state index in [1.165, 1.54) is 12.4 Å². The maximum absolute atomic E-state index is 11.8. The second-order valence-corrected chi connectivity index (χ2v) is 4.57. The van der Waals surface area contributed by atoms with Crippen LogP contribution in [0.2, 0.25) is 0 Å². The average molecular weight is 300 g/mol. The molecule has 1 unspecified atom stereocenters. The molecular weight excluding hydrogens is 284 g/mol. The Hall–Kier alpha value is -2.96. The number of nitrogens with two attached hydrogens (primary N) is 1. The zero-order valence-electron chi connectivity index (χ0n) is 12.0. The van der Waals surface area contributed by atoms with Crippen LogP contribution in [0.15, 0.2) is 42.7 Å². The molecule has 2 rings (SSSR count). The summed E-state index contributed by atoms with van der Waals surface area (Å²) in [4.78, 5) is 31.0. The van der Waals surface area contributed by atoms with Gasteiger partial charge in [0.05, 0.1) is 6.04 Å². The summed E-state index contributed by atoms with van der Waals surface area (Å²) >= 11 is 0. The fourth-order valence-electron chi connectivity index (χ4n) is 1.81. The van der Waals surface area contributed by atoms with Crippen LogP contribution in [-0.2, 0) is 9.53 Å². The van der Waals surface area contributed by atoms with Crippen molar-refractivity contribution in [1.29, 1.82) is 0 Å². The SMILES string of the molecule is CC(NC(=O)COC(=O)c1nccnc1N)c1ccccc1. The molecule has 0 fully saturated rings. The van der Waals surface area contributed by atoms with Crippen LogP contribution in [0.25, 0.3) is 0 Å². The number of carbonyl (C=O) groups is 2. The lowest BCUT2D eigenvalue weighted by Gasteiger charge is -2.14. The normalized spacial score (nSPS) is 11.5. The first kappa shape index (κ1) is 15.4. The van der Waals surface area contributed by atoms with Crippen LogP contribution in [0.4, 0.5) is 5.82 Å². The van der Waals surface area contributed by atoms with Crippen LogP contribution in [0.5, 0.6) is 0 Å². The van der Waals surface area contributed by atoms with Gasteiger partial charge in [-0.1, -0.05) is 30.3 Å². The fraction of sp³-hybridized carbons (Fsp3) is 0.200. The summed E-state index contributed by atoms with van der Waals surface area (Å²) in [5, 5.41) is 2.73. The summed E-state index contributed by atoms with van der Waals surface area (Å²) in [5.41, 5.74) is 6.36. The molecule has 1 heterocycles.